The molecule has 3 rings (SSSR count). The van der Waals surface area contributed by atoms with Gasteiger partial charge in [-0.15, -0.1) is 0 Å². The van der Waals surface area contributed by atoms with Crippen molar-refractivity contribution in [1.82, 2.24) is 10.3 Å². The number of piperidine rings is 1. The van der Waals surface area contributed by atoms with Gasteiger partial charge in [-0.1, -0.05) is 12.1 Å². The average molecular weight is 340 g/mol. The molecule has 0 bridgehead atoms. The van der Waals surface area contributed by atoms with E-state index in [0.29, 0.717) is 24.8 Å². The van der Waals surface area contributed by atoms with Crippen LogP contribution in [-0.4, -0.2) is 35.8 Å². The molecule has 1 saturated heterocycles. The second-order valence-corrected chi connectivity index (χ2v) is 6.33. The first kappa shape index (κ1) is 17.2. The number of urea groups is 1. The van der Waals surface area contributed by atoms with Crippen molar-refractivity contribution in [2.24, 2.45) is 5.92 Å². The summed E-state index contributed by atoms with van der Waals surface area (Å²) in [5, 5.41) is 14.8. The molecule has 0 saturated carbocycles. The Kier molecular flexibility index (Phi) is 5.85. The van der Waals surface area contributed by atoms with Crippen molar-refractivity contribution in [1.29, 1.82) is 0 Å². The number of anilines is 2. The van der Waals surface area contributed by atoms with E-state index in [2.05, 4.69) is 32.7 Å². The van der Waals surface area contributed by atoms with E-state index in [9.17, 15) is 9.90 Å². The molecule has 3 N–H and O–H groups in total. The average Bonchev–Trinajstić information content (AvgIpc) is 2.68. The van der Waals surface area contributed by atoms with Crippen LogP contribution in [0.3, 0.4) is 0 Å². The number of nitrogens with one attached hydrogen (secondary N) is 2. The maximum atomic E-state index is 11.9. The first-order valence-electron chi connectivity index (χ1n) is 8.64. The lowest BCUT2D eigenvalue weighted by atomic mass is 9.97. The second-order valence-electron chi connectivity index (χ2n) is 6.33. The summed E-state index contributed by atoms with van der Waals surface area (Å²) in [6.45, 7) is 2.73. The number of nitrogens with zero attached hydrogens (tertiary/aromatic N) is 2. The Morgan fingerprint density at radius 2 is 1.96 bits per heavy atom. The fourth-order valence-electron chi connectivity index (χ4n) is 2.99. The molecule has 1 fully saturated rings. The maximum absolute atomic E-state index is 11.9. The number of carbonyl (C=O) groups excluding carboxylic acids is 1. The minimum Gasteiger partial charge on any atom is -0.396 e. The Labute approximate surface area is 147 Å². The number of aliphatic hydroxyl groups excluding tert-OH is 1. The number of hydrogen-bond donors (Lipinski definition) is 3. The van der Waals surface area contributed by atoms with Gasteiger partial charge in [0.2, 0.25) is 0 Å². The number of carbonyl (C=O) groups is 1. The van der Waals surface area contributed by atoms with Crippen LogP contribution in [0.25, 0.3) is 0 Å². The molecule has 2 heterocycles. The molecule has 0 aliphatic carbocycles. The zero-order valence-corrected chi connectivity index (χ0v) is 14.2. The molecule has 1 aliphatic heterocycles. The fraction of sp³-hybridized carbons (Fsp3) is 0.368. The van der Waals surface area contributed by atoms with E-state index >= 15 is 0 Å². The van der Waals surface area contributed by atoms with Gasteiger partial charge in [-0.05, 0) is 48.6 Å². The van der Waals surface area contributed by atoms with E-state index in [1.165, 1.54) is 5.69 Å². The van der Waals surface area contributed by atoms with Gasteiger partial charge >= 0.3 is 6.03 Å². The molecule has 0 atom stereocenters. The molecule has 6 nitrogen and oxygen atoms in total. The third kappa shape index (κ3) is 4.93. The van der Waals surface area contributed by atoms with E-state index in [-0.39, 0.29) is 6.03 Å². The number of aliphatic hydroxyl groups is 1. The van der Waals surface area contributed by atoms with Crippen molar-refractivity contribution in [3.63, 3.8) is 0 Å². The third-order valence-corrected chi connectivity index (χ3v) is 4.55. The number of pyridine rings is 1. The zero-order chi connectivity index (χ0) is 17.5. The molecule has 6 heteroatoms. The van der Waals surface area contributed by atoms with Crippen LogP contribution in [0.4, 0.5) is 16.2 Å². The van der Waals surface area contributed by atoms with Crippen molar-refractivity contribution in [2.45, 2.75) is 19.4 Å². The highest BCUT2D eigenvalue weighted by Gasteiger charge is 2.18. The van der Waals surface area contributed by atoms with E-state index < -0.39 is 0 Å². The lowest BCUT2D eigenvalue weighted by molar-refractivity contribution is 0.203. The number of hydrogen-bond acceptors (Lipinski definition) is 4. The summed E-state index contributed by atoms with van der Waals surface area (Å²) in [5.41, 5.74) is 2.91. The lowest BCUT2D eigenvalue weighted by Gasteiger charge is -2.33. The second kappa shape index (κ2) is 8.48. The van der Waals surface area contributed by atoms with Gasteiger partial charge in [-0.2, -0.15) is 0 Å². The van der Waals surface area contributed by atoms with Gasteiger partial charge in [0.1, 0.15) is 0 Å². The van der Waals surface area contributed by atoms with Gasteiger partial charge in [0.05, 0.1) is 11.9 Å². The van der Waals surface area contributed by atoms with Crippen molar-refractivity contribution in [3.8, 4) is 0 Å². The minimum atomic E-state index is -0.247. The summed E-state index contributed by atoms with van der Waals surface area (Å²) in [7, 11) is 0. The first-order valence-corrected chi connectivity index (χ1v) is 8.64. The maximum Gasteiger partial charge on any atom is 0.319 e. The van der Waals surface area contributed by atoms with Crippen molar-refractivity contribution in [3.05, 3.63) is 54.4 Å². The summed E-state index contributed by atoms with van der Waals surface area (Å²) < 4.78 is 0. The SMILES string of the molecule is O=C(NCc1ccc(N2CCC(CO)CC2)cc1)Nc1cccnc1. The fourth-order valence-corrected chi connectivity index (χ4v) is 2.99. The van der Waals surface area contributed by atoms with E-state index in [0.717, 1.165) is 31.5 Å². The number of benzene rings is 1. The molecule has 1 aromatic carbocycles. The first-order chi connectivity index (χ1) is 12.2. The van der Waals surface area contributed by atoms with Crippen LogP contribution in [0.1, 0.15) is 18.4 Å². The summed E-state index contributed by atoms with van der Waals surface area (Å²) in [6.07, 6.45) is 5.34. The summed E-state index contributed by atoms with van der Waals surface area (Å²) >= 11 is 0. The Bertz CT molecular complexity index is 668. The molecular weight excluding hydrogens is 316 g/mol. The molecule has 0 radical (unpaired) electrons. The quantitative estimate of drug-likeness (QED) is 0.782. The molecule has 1 aromatic heterocycles. The molecule has 2 aromatic rings. The van der Waals surface area contributed by atoms with Crippen molar-refractivity contribution in [2.75, 3.05) is 29.9 Å². The number of rotatable bonds is 5. The highest BCUT2D eigenvalue weighted by atomic mass is 16.3. The molecule has 25 heavy (non-hydrogen) atoms. The normalized spacial score (nSPS) is 15.0. The van der Waals surface area contributed by atoms with E-state index in [1.807, 2.05) is 12.1 Å². The lowest BCUT2D eigenvalue weighted by Crippen LogP contribution is -2.34. The van der Waals surface area contributed by atoms with E-state index in [4.69, 9.17) is 0 Å². The molecule has 132 valence electrons. The van der Waals surface area contributed by atoms with Crippen LogP contribution in [-0.2, 0) is 6.54 Å². The molecule has 2 amide bonds. The van der Waals surface area contributed by atoms with Crippen LogP contribution in [0.2, 0.25) is 0 Å². The Morgan fingerprint density at radius 3 is 2.60 bits per heavy atom. The molecular formula is C19H24N4O2. The molecule has 0 unspecified atom stereocenters. The molecule has 0 spiro atoms. The van der Waals surface area contributed by atoms with Crippen LogP contribution < -0.4 is 15.5 Å². The van der Waals surface area contributed by atoms with Gasteiger partial charge in [0.15, 0.2) is 0 Å². The summed E-state index contributed by atoms with van der Waals surface area (Å²) in [4.78, 5) is 18.2. The topological polar surface area (TPSA) is 77.5 Å². The highest BCUT2D eigenvalue weighted by molar-refractivity contribution is 5.88. The predicted molar refractivity (Wildman–Crippen MR) is 98.6 cm³/mol. The largest absolute Gasteiger partial charge is 0.396 e. The number of amides is 2. The Hall–Kier alpha value is -2.60. The smallest absolute Gasteiger partial charge is 0.319 e. The summed E-state index contributed by atoms with van der Waals surface area (Å²) in [6, 6.07) is 11.6. The molecule has 1 aliphatic rings. The van der Waals surface area contributed by atoms with Crippen LogP contribution in [0, 0.1) is 5.92 Å². The van der Waals surface area contributed by atoms with Crippen LogP contribution in [0.15, 0.2) is 48.8 Å². The van der Waals surface area contributed by atoms with Gasteiger partial charge in [0, 0.05) is 38.1 Å². The minimum absolute atomic E-state index is 0.247. The Morgan fingerprint density at radius 1 is 1.20 bits per heavy atom. The third-order valence-electron chi connectivity index (χ3n) is 4.55. The van der Waals surface area contributed by atoms with Crippen molar-refractivity contribution < 1.29 is 9.90 Å². The van der Waals surface area contributed by atoms with Gasteiger partial charge in [-0.25, -0.2) is 4.79 Å². The zero-order valence-electron chi connectivity index (χ0n) is 14.2. The van der Waals surface area contributed by atoms with Crippen LogP contribution >= 0.6 is 0 Å². The van der Waals surface area contributed by atoms with Gasteiger partial charge in [-0.3, -0.25) is 4.98 Å². The van der Waals surface area contributed by atoms with Gasteiger partial charge in [0.25, 0.3) is 0 Å². The predicted octanol–water partition coefficient (Wildman–Crippen LogP) is 2.61. The monoisotopic (exact) mass is 340 g/mol. The standard InChI is InChI=1S/C19H24N4O2/c24-14-16-7-10-23(11-8-16)18-5-3-15(4-6-18)12-21-19(25)22-17-2-1-9-20-13-17/h1-6,9,13,16,24H,7-8,10-12,14H2,(H2,21,22,25). The van der Waals surface area contributed by atoms with Crippen molar-refractivity contribution >= 4 is 17.4 Å². The van der Waals surface area contributed by atoms with E-state index in [1.54, 1.807) is 24.5 Å². The summed E-state index contributed by atoms with van der Waals surface area (Å²) in [5.74, 6) is 0.443. The van der Waals surface area contributed by atoms with Gasteiger partial charge < -0.3 is 20.6 Å². The highest BCUT2D eigenvalue weighted by Crippen LogP contribution is 2.23. The number of aromatic nitrogens is 1. The van der Waals surface area contributed by atoms with Crippen LogP contribution in [0.5, 0.6) is 0 Å². The Balaban J connectivity index is 1.47.